The molecule has 1 aliphatic rings. The number of imidazole rings is 1. The van der Waals surface area contributed by atoms with Gasteiger partial charge >= 0.3 is 12.1 Å². The fourth-order valence-corrected chi connectivity index (χ4v) is 4.74. The molecule has 0 aliphatic carbocycles. The van der Waals surface area contributed by atoms with Gasteiger partial charge in [0.25, 0.3) is 0 Å². The molecule has 1 aliphatic heterocycles. The number of piperidine rings is 1. The van der Waals surface area contributed by atoms with E-state index in [1.165, 1.54) is 24.4 Å². The number of halogens is 5. The van der Waals surface area contributed by atoms with Crippen LogP contribution in [0.1, 0.15) is 43.1 Å². The van der Waals surface area contributed by atoms with E-state index in [9.17, 15) is 22.0 Å². The van der Waals surface area contributed by atoms with Crippen LogP contribution in [-0.4, -0.2) is 55.0 Å². The monoisotopic (exact) mass is 546 g/mol. The standard InChI is InChI=1S/C27H27F5N6O/c1-2-3-18-14-23-24(33-15-18)38(25(36-23)26(28,29)27(30,31)32)20-4-6-21(7-5-20)39-22-9-12-37(13-10-22)17-19-8-11-34-35-16-19/h4-8,11,14-16,22H,2-3,9-10,12-13,17H2,1H3. The number of hydrogen-bond acceptors (Lipinski definition) is 6. The van der Waals surface area contributed by atoms with Crippen LogP contribution in [-0.2, 0) is 18.9 Å². The lowest BCUT2D eigenvalue weighted by Gasteiger charge is -2.32. The quantitative estimate of drug-likeness (QED) is 0.258. The van der Waals surface area contributed by atoms with E-state index in [4.69, 9.17) is 4.74 Å². The van der Waals surface area contributed by atoms with Crippen molar-refractivity contribution in [3.8, 4) is 11.4 Å². The van der Waals surface area contributed by atoms with Crippen molar-refractivity contribution in [2.45, 2.75) is 57.4 Å². The van der Waals surface area contributed by atoms with Gasteiger partial charge in [-0.3, -0.25) is 9.47 Å². The Morgan fingerprint density at radius 2 is 1.69 bits per heavy atom. The molecule has 0 radical (unpaired) electrons. The van der Waals surface area contributed by atoms with Gasteiger partial charge in [0, 0.05) is 37.7 Å². The molecule has 0 bridgehead atoms. The zero-order valence-corrected chi connectivity index (χ0v) is 21.2. The lowest BCUT2D eigenvalue weighted by atomic mass is 10.1. The van der Waals surface area contributed by atoms with Crippen LogP contribution >= 0.6 is 0 Å². The molecule has 0 unspecified atom stereocenters. The number of benzene rings is 1. The van der Waals surface area contributed by atoms with Crippen molar-refractivity contribution in [2.24, 2.45) is 0 Å². The average Bonchev–Trinajstić information content (AvgIpc) is 3.30. The minimum atomic E-state index is -5.82. The van der Waals surface area contributed by atoms with E-state index in [1.807, 2.05) is 13.0 Å². The first-order chi connectivity index (χ1) is 18.7. The summed E-state index contributed by atoms with van der Waals surface area (Å²) >= 11 is 0. The van der Waals surface area contributed by atoms with Crippen LogP contribution < -0.4 is 4.74 Å². The topological polar surface area (TPSA) is 69.0 Å². The highest BCUT2D eigenvalue weighted by Crippen LogP contribution is 2.45. The summed E-state index contributed by atoms with van der Waals surface area (Å²) in [6.07, 6.45) is 1.97. The highest BCUT2D eigenvalue weighted by molar-refractivity contribution is 5.75. The van der Waals surface area contributed by atoms with Crippen molar-refractivity contribution in [1.29, 1.82) is 0 Å². The Morgan fingerprint density at radius 1 is 0.949 bits per heavy atom. The van der Waals surface area contributed by atoms with Gasteiger partial charge in [0.05, 0.1) is 6.20 Å². The van der Waals surface area contributed by atoms with E-state index in [-0.39, 0.29) is 23.0 Å². The maximum Gasteiger partial charge on any atom is 0.461 e. The van der Waals surface area contributed by atoms with Crippen molar-refractivity contribution >= 4 is 11.2 Å². The fraction of sp³-hybridized carbons (Fsp3) is 0.407. The molecule has 0 spiro atoms. The van der Waals surface area contributed by atoms with Crippen LogP contribution in [0.5, 0.6) is 5.75 Å². The molecule has 0 atom stereocenters. The van der Waals surface area contributed by atoms with Crippen molar-refractivity contribution in [3.63, 3.8) is 0 Å². The Morgan fingerprint density at radius 3 is 2.33 bits per heavy atom. The van der Waals surface area contributed by atoms with Crippen LogP contribution in [0, 0.1) is 0 Å². The first-order valence-electron chi connectivity index (χ1n) is 12.7. The number of likely N-dealkylation sites (tertiary alicyclic amines) is 1. The van der Waals surface area contributed by atoms with Gasteiger partial charge in [0.2, 0.25) is 0 Å². The number of aromatic nitrogens is 5. The summed E-state index contributed by atoms with van der Waals surface area (Å²) in [7, 11) is 0. The smallest absolute Gasteiger partial charge is 0.461 e. The minimum Gasteiger partial charge on any atom is -0.490 e. The second kappa shape index (κ2) is 10.8. The van der Waals surface area contributed by atoms with Gasteiger partial charge in [-0.1, -0.05) is 13.3 Å². The molecule has 3 aromatic heterocycles. The van der Waals surface area contributed by atoms with Gasteiger partial charge in [-0.25, -0.2) is 9.97 Å². The predicted octanol–water partition coefficient (Wildman–Crippen LogP) is 5.86. The summed E-state index contributed by atoms with van der Waals surface area (Å²) in [5.41, 5.74) is 1.79. The van der Waals surface area contributed by atoms with Crippen molar-refractivity contribution < 1.29 is 26.7 Å². The maximum absolute atomic E-state index is 14.6. The van der Waals surface area contributed by atoms with E-state index in [2.05, 4.69) is 25.1 Å². The normalized spacial score (nSPS) is 15.6. The summed E-state index contributed by atoms with van der Waals surface area (Å²) in [4.78, 5) is 10.2. The molecule has 206 valence electrons. The van der Waals surface area contributed by atoms with Crippen LogP contribution in [0.15, 0.2) is 55.0 Å². The maximum atomic E-state index is 14.6. The highest BCUT2D eigenvalue weighted by atomic mass is 19.4. The summed E-state index contributed by atoms with van der Waals surface area (Å²) in [6.45, 7) is 4.36. The van der Waals surface area contributed by atoms with Gasteiger partial charge in [-0.15, -0.1) is 0 Å². The molecule has 1 saturated heterocycles. The van der Waals surface area contributed by atoms with Gasteiger partial charge < -0.3 is 4.74 Å². The number of fused-ring (bicyclic) bond motifs is 1. The average molecular weight is 547 g/mol. The molecular formula is C27H27F5N6O. The number of rotatable bonds is 8. The van der Waals surface area contributed by atoms with Crippen LogP contribution in [0.4, 0.5) is 22.0 Å². The number of nitrogens with zero attached hydrogens (tertiary/aromatic N) is 6. The first-order valence-corrected chi connectivity index (χ1v) is 12.7. The van der Waals surface area contributed by atoms with Crippen molar-refractivity contribution in [1.82, 2.24) is 29.6 Å². The zero-order valence-electron chi connectivity index (χ0n) is 21.2. The lowest BCUT2D eigenvalue weighted by molar-refractivity contribution is -0.292. The lowest BCUT2D eigenvalue weighted by Crippen LogP contribution is -2.37. The molecule has 1 fully saturated rings. The van der Waals surface area contributed by atoms with E-state index < -0.39 is 17.9 Å². The number of pyridine rings is 1. The number of alkyl halides is 5. The first kappa shape index (κ1) is 26.9. The third kappa shape index (κ3) is 5.70. The second-order valence-electron chi connectivity index (χ2n) is 9.62. The molecule has 12 heteroatoms. The SMILES string of the molecule is CCCc1cnc2c(c1)nc(C(F)(F)C(F)(F)F)n2-c1ccc(OC2CCN(Cc3ccnnc3)CC2)cc1. The van der Waals surface area contributed by atoms with Gasteiger partial charge in [0.1, 0.15) is 17.4 Å². The number of hydrogen-bond donors (Lipinski definition) is 0. The summed E-state index contributed by atoms with van der Waals surface area (Å²) in [6, 6.07) is 9.46. The third-order valence-electron chi connectivity index (χ3n) is 6.71. The molecule has 0 saturated carbocycles. The van der Waals surface area contributed by atoms with E-state index in [1.54, 1.807) is 24.5 Å². The zero-order chi connectivity index (χ0) is 27.6. The molecule has 7 nitrogen and oxygen atoms in total. The molecule has 0 N–H and O–H groups in total. The minimum absolute atomic E-state index is 0.0190. The van der Waals surface area contributed by atoms with E-state index in [0.29, 0.717) is 17.7 Å². The van der Waals surface area contributed by atoms with Crippen molar-refractivity contribution in [2.75, 3.05) is 13.1 Å². The van der Waals surface area contributed by atoms with E-state index >= 15 is 0 Å². The van der Waals surface area contributed by atoms with Crippen LogP contribution in [0.3, 0.4) is 0 Å². The van der Waals surface area contributed by atoms with Gasteiger partial charge in [0.15, 0.2) is 11.5 Å². The molecular weight excluding hydrogens is 519 g/mol. The van der Waals surface area contributed by atoms with Gasteiger partial charge in [-0.2, -0.15) is 32.1 Å². The predicted molar refractivity (Wildman–Crippen MR) is 134 cm³/mol. The summed E-state index contributed by atoms with van der Waals surface area (Å²) < 4.78 is 76.1. The Kier molecular flexibility index (Phi) is 7.48. The van der Waals surface area contributed by atoms with Crippen LogP contribution in [0.2, 0.25) is 0 Å². The number of aryl methyl sites for hydroxylation is 1. The Hall–Kier alpha value is -3.67. The summed E-state index contributed by atoms with van der Waals surface area (Å²) in [5, 5.41) is 7.69. The molecule has 4 aromatic rings. The van der Waals surface area contributed by atoms with E-state index in [0.717, 1.165) is 49.0 Å². The Bertz CT molecular complexity index is 1400. The molecule has 1 aromatic carbocycles. The molecule has 5 rings (SSSR count). The Labute approximate surface area is 221 Å². The molecule has 0 amide bonds. The van der Waals surface area contributed by atoms with Crippen molar-refractivity contribution in [3.05, 3.63) is 71.9 Å². The fourth-order valence-electron chi connectivity index (χ4n) is 4.74. The molecule has 39 heavy (non-hydrogen) atoms. The third-order valence-corrected chi connectivity index (χ3v) is 6.71. The Balaban J connectivity index is 1.35. The van der Waals surface area contributed by atoms with Gasteiger partial charge in [-0.05, 0) is 66.8 Å². The highest BCUT2D eigenvalue weighted by Gasteiger charge is 2.62. The molecule has 4 heterocycles. The van der Waals surface area contributed by atoms with Crippen LogP contribution in [0.25, 0.3) is 16.9 Å². The largest absolute Gasteiger partial charge is 0.490 e. The summed E-state index contributed by atoms with van der Waals surface area (Å²) in [5.74, 6) is -6.09. The second-order valence-corrected chi connectivity index (χ2v) is 9.62. The number of ether oxygens (including phenoxy) is 1.